The van der Waals surface area contributed by atoms with E-state index in [1.165, 1.54) is 68.5 Å². The summed E-state index contributed by atoms with van der Waals surface area (Å²) >= 11 is 2.02. The molecule has 2 aliphatic rings. The molecule has 0 aliphatic heterocycles. The van der Waals surface area contributed by atoms with Crippen molar-refractivity contribution in [3.05, 3.63) is 15.6 Å². The van der Waals surface area contributed by atoms with E-state index in [2.05, 4.69) is 26.1 Å². The summed E-state index contributed by atoms with van der Waals surface area (Å²) in [6.45, 7) is 6.92. The number of thiazole rings is 1. The van der Waals surface area contributed by atoms with Crippen molar-refractivity contribution in [2.75, 3.05) is 0 Å². The molecule has 0 spiro atoms. The van der Waals surface area contributed by atoms with Gasteiger partial charge in [0.1, 0.15) is 5.01 Å². The molecular formula is C18H30N2S. The van der Waals surface area contributed by atoms with Crippen LogP contribution >= 0.6 is 11.3 Å². The van der Waals surface area contributed by atoms with Gasteiger partial charge in [-0.2, -0.15) is 0 Å². The highest BCUT2D eigenvalue weighted by atomic mass is 32.1. The minimum atomic E-state index is 0.162. The Morgan fingerprint density at radius 2 is 2.10 bits per heavy atom. The van der Waals surface area contributed by atoms with E-state index in [1.807, 2.05) is 11.3 Å². The maximum absolute atomic E-state index is 5.12. The third-order valence-electron chi connectivity index (χ3n) is 5.25. The second-order valence-electron chi connectivity index (χ2n) is 7.35. The zero-order chi connectivity index (χ0) is 14.9. The fraction of sp³-hybridized carbons (Fsp3) is 0.833. The third-order valence-corrected chi connectivity index (χ3v) is 6.61. The van der Waals surface area contributed by atoms with Crippen LogP contribution in [0.4, 0.5) is 0 Å². The van der Waals surface area contributed by atoms with Crippen LogP contribution in [0.2, 0.25) is 0 Å². The van der Waals surface area contributed by atoms with Crippen molar-refractivity contribution in [1.29, 1.82) is 0 Å². The molecule has 1 N–H and O–H groups in total. The van der Waals surface area contributed by atoms with Gasteiger partial charge in [-0.15, -0.1) is 11.3 Å². The van der Waals surface area contributed by atoms with Gasteiger partial charge in [-0.1, -0.05) is 26.2 Å². The van der Waals surface area contributed by atoms with E-state index in [9.17, 15) is 0 Å². The molecule has 1 saturated carbocycles. The average molecular weight is 307 g/mol. The Kier molecular flexibility index (Phi) is 4.70. The lowest BCUT2D eigenvalue weighted by molar-refractivity contribution is 0.163. The van der Waals surface area contributed by atoms with E-state index in [-0.39, 0.29) is 5.54 Å². The van der Waals surface area contributed by atoms with Crippen molar-refractivity contribution in [3.8, 4) is 0 Å². The van der Waals surface area contributed by atoms with Crippen molar-refractivity contribution in [2.24, 2.45) is 5.92 Å². The normalized spacial score (nSPS) is 29.6. The van der Waals surface area contributed by atoms with Gasteiger partial charge < -0.3 is 5.32 Å². The molecular weight excluding hydrogens is 276 g/mol. The van der Waals surface area contributed by atoms with Gasteiger partial charge in [-0.25, -0.2) is 4.98 Å². The molecule has 3 heteroatoms. The fourth-order valence-electron chi connectivity index (χ4n) is 4.23. The smallest absolute Gasteiger partial charge is 0.113 e. The predicted molar refractivity (Wildman–Crippen MR) is 91.0 cm³/mol. The number of nitrogens with one attached hydrogen (secondary N) is 1. The van der Waals surface area contributed by atoms with Crippen LogP contribution in [0.1, 0.15) is 81.3 Å². The fourth-order valence-corrected chi connectivity index (χ4v) is 5.58. The van der Waals surface area contributed by atoms with Crippen LogP contribution < -0.4 is 5.32 Å². The van der Waals surface area contributed by atoms with Crippen molar-refractivity contribution in [2.45, 2.75) is 90.1 Å². The summed E-state index contributed by atoms with van der Waals surface area (Å²) < 4.78 is 0. The summed E-state index contributed by atoms with van der Waals surface area (Å²) in [6, 6.07) is 0.529. The van der Waals surface area contributed by atoms with E-state index < -0.39 is 0 Å². The maximum atomic E-state index is 5.12. The highest BCUT2D eigenvalue weighted by Gasteiger charge is 2.40. The Balaban J connectivity index is 1.92. The first-order valence-electron chi connectivity index (χ1n) is 8.89. The van der Waals surface area contributed by atoms with Gasteiger partial charge >= 0.3 is 0 Å². The molecule has 1 fully saturated rings. The van der Waals surface area contributed by atoms with Crippen LogP contribution in [0.5, 0.6) is 0 Å². The molecule has 0 bridgehead atoms. The number of hydrogen-bond acceptors (Lipinski definition) is 3. The van der Waals surface area contributed by atoms with Crippen molar-refractivity contribution in [1.82, 2.24) is 10.3 Å². The lowest BCUT2D eigenvalue weighted by Crippen LogP contribution is -2.49. The monoisotopic (exact) mass is 306 g/mol. The lowest BCUT2D eigenvalue weighted by atomic mass is 9.74. The van der Waals surface area contributed by atoms with Gasteiger partial charge in [0.05, 0.1) is 11.2 Å². The zero-order valence-electron chi connectivity index (χ0n) is 13.9. The molecule has 2 nitrogen and oxygen atoms in total. The summed E-state index contributed by atoms with van der Waals surface area (Å²) in [4.78, 5) is 6.71. The molecule has 2 unspecified atom stereocenters. The Morgan fingerprint density at radius 3 is 2.81 bits per heavy atom. The lowest BCUT2D eigenvalue weighted by Gasteiger charge is -2.41. The van der Waals surface area contributed by atoms with Crippen molar-refractivity contribution < 1.29 is 0 Å². The van der Waals surface area contributed by atoms with Gasteiger partial charge in [0.25, 0.3) is 0 Å². The standard InChI is InChI=1S/C18H30N2S/c1-4-14-8-7-11-18(12-14,20-13(2)3)17-19-15-9-5-6-10-16(15)21-17/h13-14,20H,4-12H2,1-3H3. The number of rotatable bonds is 4. The molecule has 1 heterocycles. The Morgan fingerprint density at radius 1 is 1.29 bits per heavy atom. The van der Waals surface area contributed by atoms with Gasteiger partial charge in [0.2, 0.25) is 0 Å². The summed E-state index contributed by atoms with van der Waals surface area (Å²) in [6.07, 6.45) is 11.8. The summed E-state index contributed by atoms with van der Waals surface area (Å²) in [5.41, 5.74) is 1.58. The van der Waals surface area contributed by atoms with Crippen LogP contribution in [0, 0.1) is 5.92 Å². The summed E-state index contributed by atoms with van der Waals surface area (Å²) in [5, 5.41) is 5.34. The summed E-state index contributed by atoms with van der Waals surface area (Å²) in [5.74, 6) is 0.867. The molecule has 2 aliphatic carbocycles. The minimum absolute atomic E-state index is 0.162. The SMILES string of the molecule is CCC1CCCC(NC(C)C)(c2nc3c(s2)CCCC3)C1. The van der Waals surface area contributed by atoms with Crippen molar-refractivity contribution in [3.63, 3.8) is 0 Å². The van der Waals surface area contributed by atoms with E-state index in [1.54, 1.807) is 4.88 Å². The second-order valence-corrected chi connectivity index (χ2v) is 8.43. The zero-order valence-corrected chi connectivity index (χ0v) is 14.7. The van der Waals surface area contributed by atoms with E-state index in [0.29, 0.717) is 6.04 Å². The number of fused-ring (bicyclic) bond motifs is 1. The summed E-state index contributed by atoms with van der Waals surface area (Å²) in [7, 11) is 0. The second kappa shape index (κ2) is 6.37. The average Bonchev–Trinajstić information content (AvgIpc) is 2.91. The first-order chi connectivity index (χ1) is 10.1. The molecule has 3 rings (SSSR count). The molecule has 0 aromatic carbocycles. The quantitative estimate of drug-likeness (QED) is 0.863. The van der Waals surface area contributed by atoms with Crippen LogP contribution in [0.3, 0.4) is 0 Å². The van der Waals surface area contributed by atoms with E-state index in [4.69, 9.17) is 4.98 Å². The van der Waals surface area contributed by atoms with Crippen LogP contribution in [0.25, 0.3) is 0 Å². The molecule has 21 heavy (non-hydrogen) atoms. The molecule has 0 amide bonds. The number of aryl methyl sites for hydroxylation is 2. The first kappa shape index (κ1) is 15.5. The van der Waals surface area contributed by atoms with Gasteiger partial charge in [-0.05, 0) is 58.3 Å². The van der Waals surface area contributed by atoms with Crippen LogP contribution in [-0.2, 0) is 18.4 Å². The molecule has 118 valence electrons. The highest BCUT2D eigenvalue weighted by Crippen LogP contribution is 2.44. The Bertz CT molecular complexity index is 456. The largest absolute Gasteiger partial charge is 0.303 e. The van der Waals surface area contributed by atoms with Crippen LogP contribution in [0.15, 0.2) is 0 Å². The molecule has 2 atom stereocenters. The minimum Gasteiger partial charge on any atom is -0.303 e. The van der Waals surface area contributed by atoms with Gasteiger partial charge in [0, 0.05) is 10.9 Å². The molecule has 0 radical (unpaired) electrons. The first-order valence-corrected chi connectivity index (χ1v) is 9.71. The Hall–Kier alpha value is -0.410. The number of aromatic nitrogens is 1. The van der Waals surface area contributed by atoms with E-state index >= 15 is 0 Å². The van der Waals surface area contributed by atoms with Gasteiger partial charge in [-0.3, -0.25) is 0 Å². The number of hydrogen-bond donors (Lipinski definition) is 1. The molecule has 1 aromatic heterocycles. The number of nitrogens with zero attached hydrogens (tertiary/aromatic N) is 1. The Labute approximate surface area is 133 Å². The van der Waals surface area contributed by atoms with E-state index in [0.717, 1.165) is 5.92 Å². The predicted octanol–water partition coefficient (Wildman–Crippen LogP) is 4.82. The van der Waals surface area contributed by atoms with Crippen molar-refractivity contribution >= 4 is 11.3 Å². The van der Waals surface area contributed by atoms with Gasteiger partial charge in [0.15, 0.2) is 0 Å². The highest BCUT2D eigenvalue weighted by molar-refractivity contribution is 7.11. The topological polar surface area (TPSA) is 24.9 Å². The maximum Gasteiger partial charge on any atom is 0.113 e. The van der Waals surface area contributed by atoms with Crippen LogP contribution in [-0.4, -0.2) is 11.0 Å². The third kappa shape index (κ3) is 3.19. The molecule has 0 saturated heterocycles. The molecule has 1 aromatic rings.